The summed E-state index contributed by atoms with van der Waals surface area (Å²) in [4.78, 5) is 38.2. The maximum Gasteiger partial charge on any atom is 0.305 e. The molecule has 0 bridgehead atoms. The molecule has 0 fully saturated rings. The number of ether oxygens (including phenoxy) is 2. The molecule has 0 saturated heterocycles. The van der Waals surface area contributed by atoms with Crippen molar-refractivity contribution in [3.63, 3.8) is 0 Å². The quantitative estimate of drug-likeness (QED) is 0.328. The lowest BCUT2D eigenvalue weighted by molar-refractivity contribution is -0.143. The van der Waals surface area contributed by atoms with Crippen LogP contribution >= 0.6 is 0 Å². The van der Waals surface area contributed by atoms with Crippen LogP contribution in [0.5, 0.6) is 0 Å². The zero-order chi connectivity index (χ0) is 21.4. The number of para-hydroxylation sites is 1. The largest absolute Gasteiger partial charge is 0.466 e. The fourth-order valence-corrected chi connectivity index (χ4v) is 2.06. The van der Waals surface area contributed by atoms with Crippen LogP contribution in [0.3, 0.4) is 0 Å². The molecule has 0 aliphatic rings. The molecule has 1 rings (SSSR count). The first kappa shape index (κ1) is 25.6. The number of rotatable bonds is 11. The van der Waals surface area contributed by atoms with Crippen molar-refractivity contribution in [2.45, 2.75) is 40.0 Å². The summed E-state index contributed by atoms with van der Waals surface area (Å²) in [6, 6.07) is 9.19. The molecular formula is C21H34N2O5. The highest BCUT2D eigenvalue weighted by Gasteiger charge is 2.18. The molecular weight excluding hydrogens is 360 g/mol. The monoisotopic (exact) mass is 394 g/mol. The van der Waals surface area contributed by atoms with Gasteiger partial charge in [-0.3, -0.25) is 14.4 Å². The van der Waals surface area contributed by atoms with Crippen LogP contribution in [0.2, 0.25) is 0 Å². The molecule has 7 heteroatoms. The third-order valence-electron chi connectivity index (χ3n) is 3.80. The SMILES string of the molecule is CC.CCC(=O)OCCCOCCN(C)C(=O)CC(=O)N(C)c1ccccc1. The minimum atomic E-state index is -0.258. The summed E-state index contributed by atoms with van der Waals surface area (Å²) >= 11 is 0. The van der Waals surface area contributed by atoms with Gasteiger partial charge in [0.2, 0.25) is 11.8 Å². The van der Waals surface area contributed by atoms with Crippen LogP contribution in [-0.4, -0.2) is 63.1 Å². The Morgan fingerprint density at radius 3 is 2.18 bits per heavy atom. The maximum atomic E-state index is 12.2. The lowest BCUT2D eigenvalue weighted by Crippen LogP contribution is -2.36. The van der Waals surface area contributed by atoms with E-state index in [0.29, 0.717) is 39.2 Å². The second-order valence-electron chi connectivity index (χ2n) is 5.82. The van der Waals surface area contributed by atoms with E-state index in [2.05, 4.69) is 0 Å². The average Bonchev–Trinajstić information content (AvgIpc) is 2.73. The summed E-state index contributed by atoms with van der Waals surface area (Å²) in [5, 5.41) is 0. The Balaban J connectivity index is 0.00000352. The van der Waals surface area contributed by atoms with Gasteiger partial charge >= 0.3 is 5.97 Å². The predicted molar refractivity (Wildman–Crippen MR) is 110 cm³/mol. The van der Waals surface area contributed by atoms with Gasteiger partial charge in [0.05, 0.1) is 13.2 Å². The smallest absolute Gasteiger partial charge is 0.305 e. The predicted octanol–water partition coefficient (Wildman–Crippen LogP) is 2.88. The van der Waals surface area contributed by atoms with Gasteiger partial charge in [0.25, 0.3) is 0 Å². The highest BCUT2D eigenvalue weighted by molar-refractivity contribution is 6.04. The number of esters is 1. The standard InChI is InChI=1S/C19H28N2O5.C2H6/c1-4-19(24)26-13-8-12-25-14-11-20(2)17(22)15-18(23)21(3)16-9-6-5-7-10-16;1-2/h5-7,9-10H,4,8,11-15H2,1-3H3;1-2H3. The van der Waals surface area contributed by atoms with Crippen molar-refractivity contribution >= 4 is 23.5 Å². The van der Waals surface area contributed by atoms with Gasteiger partial charge < -0.3 is 19.3 Å². The number of nitrogens with zero attached hydrogens (tertiary/aromatic N) is 2. The Morgan fingerprint density at radius 2 is 1.57 bits per heavy atom. The molecule has 1 aromatic carbocycles. The second kappa shape index (κ2) is 15.6. The summed E-state index contributed by atoms with van der Waals surface area (Å²) < 4.78 is 10.3. The number of likely N-dealkylation sites (N-methyl/N-ethyl adjacent to an activating group) is 1. The Labute approximate surface area is 168 Å². The van der Waals surface area contributed by atoms with Crippen LogP contribution in [0.1, 0.15) is 40.0 Å². The minimum Gasteiger partial charge on any atom is -0.466 e. The van der Waals surface area contributed by atoms with Gasteiger partial charge in [-0.25, -0.2) is 0 Å². The fourth-order valence-electron chi connectivity index (χ4n) is 2.06. The third kappa shape index (κ3) is 10.7. The summed E-state index contributed by atoms with van der Waals surface area (Å²) in [5.74, 6) is -0.731. The number of carbonyl (C=O) groups excluding carboxylic acids is 3. The molecule has 0 unspecified atom stereocenters. The normalized spacial score (nSPS) is 9.75. The lowest BCUT2D eigenvalue weighted by Gasteiger charge is -2.20. The first-order valence-electron chi connectivity index (χ1n) is 9.74. The summed E-state index contributed by atoms with van der Waals surface area (Å²) in [6.45, 7) is 7.30. The van der Waals surface area contributed by atoms with E-state index in [1.54, 1.807) is 21.0 Å². The zero-order valence-electron chi connectivity index (χ0n) is 17.8. The Morgan fingerprint density at radius 1 is 0.929 bits per heavy atom. The van der Waals surface area contributed by atoms with Crippen LogP contribution < -0.4 is 4.90 Å². The van der Waals surface area contributed by atoms with Crippen molar-refractivity contribution in [2.75, 3.05) is 45.4 Å². The van der Waals surface area contributed by atoms with Crippen molar-refractivity contribution in [1.82, 2.24) is 4.90 Å². The van der Waals surface area contributed by atoms with Crippen LogP contribution in [0.25, 0.3) is 0 Å². The van der Waals surface area contributed by atoms with E-state index in [1.807, 2.05) is 44.2 Å². The molecule has 0 heterocycles. The van der Waals surface area contributed by atoms with E-state index in [0.717, 1.165) is 5.69 Å². The fraction of sp³-hybridized carbons (Fsp3) is 0.571. The van der Waals surface area contributed by atoms with E-state index in [1.165, 1.54) is 9.80 Å². The van der Waals surface area contributed by atoms with Gasteiger partial charge in [0.1, 0.15) is 6.42 Å². The Bertz CT molecular complexity index is 577. The molecule has 0 aliphatic carbocycles. The van der Waals surface area contributed by atoms with Gasteiger partial charge in [0.15, 0.2) is 0 Å². The van der Waals surface area contributed by atoms with Gasteiger partial charge in [-0.15, -0.1) is 0 Å². The van der Waals surface area contributed by atoms with E-state index >= 15 is 0 Å². The second-order valence-corrected chi connectivity index (χ2v) is 5.82. The topological polar surface area (TPSA) is 76.1 Å². The molecule has 1 aromatic rings. The number of anilines is 1. The zero-order valence-corrected chi connectivity index (χ0v) is 17.8. The highest BCUT2D eigenvalue weighted by Crippen LogP contribution is 2.12. The molecule has 2 amide bonds. The molecule has 0 aromatic heterocycles. The molecule has 0 spiro atoms. The van der Waals surface area contributed by atoms with Crippen LogP contribution in [-0.2, 0) is 23.9 Å². The molecule has 158 valence electrons. The Hall–Kier alpha value is -2.41. The van der Waals surface area contributed by atoms with Crippen LogP contribution in [0.4, 0.5) is 5.69 Å². The number of hydrogen-bond donors (Lipinski definition) is 0. The highest BCUT2D eigenvalue weighted by atomic mass is 16.5. The molecule has 0 saturated carbocycles. The van der Waals surface area contributed by atoms with Crippen molar-refractivity contribution in [2.24, 2.45) is 0 Å². The molecule has 0 aliphatic heterocycles. The number of carbonyl (C=O) groups is 3. The van der Waals surface area contributed by atoms with E-state index < -0.39 is 0 Å². The summed E-state index contributed by atoms with van der Waals surface area (Å²) in [7, 11) is 3.30. The number of hydrogen-bond acceptors (Lipinski definition) is 5. The van der Waals surface area contributed by atoms with E-state index in [9.17, 15) is 14.4 Å². The maximum absolute atomic E-state index is 12.2. The van der Waals surface area contributed by atoms with Crippen molar-refractivity contribution < 1.29 is 23.9 Å². The molecule has 7 nitrogen and oxygen atoms in total. The van der Waals surface area contributed by atoms with Crippen molar-refractivity contribution in [1.29, 1.82) is 0 Å². The third-order valence-corrected chi connectivity index (χ3v) is 3.80. The van der Waals surface area contributed by atoms with Crippen LogP contribution in [0, 0.1) is 0 Å². The van der Waals surface area contributed by atoms with Gasteiger partial charge in [-0.2, -0.15) is 0 Å². The number of benzene rings is 1. The number of amides is 2. The summed E-state index contributed by atoms with van der Waals surface area (Å²) in [5.41, 5.74) is 0.750. The first-order chi connectivity index (χ1) is 13.5. The first-order valence-corrected chi connectivity index (χ1v) is 9.74. The summed E-state index contributed by atoms with van der Waals surface area (Å²) in [6.07, 6.45) is 0.796. The van der Waals surface area contributed by atoms with Crippen molar-refractivity contribution in [3.8, 4) is 0 Å². The van der Waals surface area contributed by atoms with Gasteiger partial charge in [-0.05, 0) is 12.1 Å². The minimum absolute atomic E-state index is 0.186. The van der Waals surface area contributed by atoms with Crippen LogP contribution in [0.15, 0.2) is 30.3 Å². The molecule has 0 N–H and O–H groups in total. The van der Waals surface area contributed by atoms with E-state index in [4.69, 9.17) is 9.47 Å². The van der Waals surface area contributed by atoms with Gasteiger partial charge in [-0.1, -0.05) is 39.0 Å². The Kier molecular flexibility index (Phi) is 14.3. The lowest BCUT2D eigenvalue weighted by atomic mass is 10.2. The van der Waals surface area contributed by atoms with Crippen molar-refractivity contribution in [3.05, 3.63) is 30.3 Å². The van der Waals surface area contributed by atoms with Gasteiger partial charge in [0, 0.05) is 45.8 Å². The molecule has 28 heavy (non-hydrogen) atoms. The van der Waals surface area contributed by atoms with E-state index in [-0.39, 0.29) is 24.2 Å². The average molecular weight is 395 g/mol. The molecule has 0 atom stereocenters. The molecule has 0 radical (unpaired) electrons.